The number of pyridine rings is 1. The summed E-state index contributed by atoms with van der Waals surface area (Å²) < 4.78 is 14.0. The predicted octanol–water partition coefficient (Wildman–Crippen LogP) is 3.82. The maximum Gasteiger partial charge on any atom is 0.132 e. The van der Waals surface area contributed by atoms with Crippen LogP contribution in [0, 0.1) is 5.82 Å². The van der Waals surface area contributed by atoms with Crippen molar-refractivity contribution < 1.29 is 4.39 Å². The van der Waals surface area contributed by atoms with Gasteiger partial charge in [-0.2, -0.15) is 0 Å². The Morgan fingerprint density at radius 2 is 1.83 bits per heavy atom. The Morgan fingerprint density at radius 3 is 2.70 bits per heavy atom. The molecule has 0 saturated carbocycles. The summed E-state index contributed by atoms with van der Waals surface area (Å²) in [6, 6.07) is 8.70. The second-order valence-electron chi connectivity index (χ2n) is 5.84. The van der Waals surface area contributed by atoms with Crippen molar-refractivity contribution in [2.45, 2.75) is 19.3 Å². The number of piperidine rings is 1. The largest absolute Gasteiger partial charge is 0.357 e. The van der Waals surface area contributed by atoms with E-state index in [4.69, 9.17) is 0 Å². The molecule has 5 heteroatoms. The van der Waals surface area contributed by atoms with Crippen LogP contribution in [0.5, 0.6) is 0 Å². The van der Waals surface area contributed by atoms with Gasteiger partial charge in [0.2, 0.25) is 0 Å². The van der Waals surface area contributed by atoms with Crippen molar-refractivity contribution in [3.8, 4) is 11.3 Å². The molecule has 0 bridgehead atoms. The lowest BCUT2D eigenvalue weighted by atomic mass is 10.1. The first kappa shape index (κ1) is 14.1. The van der Waals surface area contributed by atoms with Gasteiger partial charge in [0.15, 0.2) is 0 Å². The highest BCUT2D eigenvalue weighted by atomic mass is 19.1. The van der Waals surface area contributed by atoms with Crippen LogP contribution >= 0.6 is 0 Å². The lowest BCUT2D eigenvalue weighted by Crippen LogP contribution is -2.30. The normalized spacial score (nSPS) is 15.1. The molecule has 0 radical (unpaired) electrons. The molecule has 23 heavy (non-hydrogen) atoms. The number of hydrogen-bond acceptors (Lipinski definition) is 4. The lowest BCUT2D eigenvalue weighted by Gasteiger charge is -2.27. The number of anilines is 1. The van der Waals surface area contributed by atoms with Gasteiger partial charge in [-0.3, -0.25) is 4.98 Å². The van der Waals surface area contributed by atoms with E-state index in [9.17, 15) is 4.39 Å². The Labute approximate surface area is 134 Å². The topological polar surface area (TPSA) is 41.9 Å². The van der Waals surface area contributed by atoms with E-state index in [0.29, 0.717) is 10.9 Å². The minimum atomic E-state index is -0.262. The van der Waals surface area contributed by atoms with Crippen LogP contribution in [-0.4, -0.2) is 28.0 Å². The zero-order chi connectivity index (χ0) is 15.6. The number of nitrogens with zero attached hydrogens (tertiary/aromatic N) is 4. The van der Waals surface area contributed by atoms with Gasteiger partial charge in [-0.25, -0.2) is 14.4 Å². The highest BCUT2D eigenvalue weighted by molar-refractivity contribution is 5.83. The summed E-state index contributed by atoms with van der Waals surface area (Å²) in [6.45, 7) is 2.06. The minimum absolute atomic E-state index is 0.262. The van der Waals surface area contributed by atoms with Crippen molar-refractivity contribution in [3.63, 3.8) is 0 Å². The van der Waals surface area contributed by atoms with Gasteiger partial charge in [0.25, 0.3) is 0 Å². The van der Waals surface area contributed by atoms with Crippen LogP contribution in [0.2, 0.25) is 0 Å². The molecular weight excluding hydrogens is 291 g/mol. The van der Waals surface area contributed by atoms with Crippen molar-refractivity contribution in [3.05, 3.63) is 48.7 Å². The molecule has 0 aliphatic carbocycles. The quantitative estimate of drug-likeness (QED) is 0.721. The lowest BCUT2D eigenvalue weighted by molar-refractivity contribution is 0.573. The fourth-order valence-electron chi connectivity index (χ4n) is 3.05. The standard InChI is InChI=1S/C18H17FN4/c19-15-5-4-6-16-14(15)9-13(11-20-16)17-10-18(22-12-21-17)23-7-2-1-3-8-23/h4-6,9-12H,1-3,7-8H2. The monoisotopic (exact) mass is 308 g/mol. The van der Waals surface area contributed by atoms with Gasteiger partial charge in [-0.15, -0.1) is 0 Å². The molecular formula is C18H17FN4. The molecule has 4 rings (SSSR count). The molecule has 0 atom stereocenters. The molecule has 4 nitrogen and oxygen atoms in total. The Hall–Kier alpha value is -2.56. The summed E-state index contributed by atoms with van der Waals surface area (Å²) in [4.78, 5) is 15.4. The summed E-state index contributed by atoms with van der Waals surface area (Å²) in [5.74, 6) is 0.672. The number of aromatic nitrogens is 3. The molecule has 1 aliphatic rings. The average molecular weight is 308 g/mol. The van der Waals surface area contributed by atoms with E-state index in [1.807, 2.05) is 6.07 Å². The molecule has 1 aliphatic heterocycles. The van der Waals surface area contributed by atoms with Crippen molar-refractivity contribution in [1.29, 1.82) is 0 Å². The molecule has 1 aromatic carbocycles. The van der Waals surface area contributed by atoms with Crippen molar-refractivity contribution >= 4 is 16.7 Å². The molecule has 0 unspecified atom stereocenters. The molecule has 0 spiro atoms. The number of benzene rings is 1. The predicted molar refractivity (Wildman–Crippen MR) is 88.8 cm³/mol. The van der Waals surface area contributed by atoms with Gasteiger partial charge in [-0.05, 0) is 37.5 Å². The van der Waals surface area contributed by atoms with Gasteiger partial charge in [0.1, 0.15) is 18.0 Å². The fraction of sp³-hybridized carbons (Fsp3) is 0.278. The van der Waals surface area contributed by atoms with E-state index < -0.39 is 0 Å². The molecule has 1 saturated heterocycles. The molecule has 116 valence electrons. The maximum absolute atomic E-state index is 14.0. The Balaban J connectivity index is 1.74. The zero-order valence-electron chi connectivity index (χ0n) is 12.7. The number of fused-ring (bicyclic) bond motifs is 1. The van der Waals surface area contributed by atoms with Gasteiger partial charge in [0, 0.05) is 36.3 Å². The Bertz CT molecular complexity index is 843. The number of rotatable bonds is 2. The highest BCUT2D eigenvalue weighted by Crippen LogP contribution is 2.25. The van der Waals surface area contributed by atoms with Crippen LogP contribution in [-0.2, 0) is 0 Å². The van der Waals surface area contributed by atoms with Crippen molar-refractivity contribution in [2.75, 3.05) is 18.0 Å². The third-order valence-electron chi connectivity index (χ3n) is 4.30. The van der Waals surface area contributed by atoms with Crippen LogP contribution in [0.3, 0.4) is 0 Å². The maximum atomic E-state index is 14.0. The first-order valence-electron chi connectivity index (χ1n) is 7.93. The Kier molecular flexibility index (Phi) is 3.61. The van der Waals surface area contributed by atoms with E-state index in [-0.39, 0.29) is 5.82 Å². The van der Waals surface area contributed by atoms with E-state index in [0.717, 1.165) is 30.2 Å². The van der Waals surface area contributed by atoms with Gasteiger partial charge in [-0.1, -0.05) is 6.07 Å². The van der Waals surface area contributed by atoms with E-state index in [1.54, 1.807) is 30.7 Å². The average Bonchev–Trinajstić information content (AvgIpc) is 2.63. The summed E-state index contributed by atoms with van der Waals surface area (Å²) in [6.07, 6.45) is 6.99. The van der Waals surface area contributed by atoms with Crippen molar-refractivity contribution in [2.24, 2.45) is 0 Å². The van der Waals surface area contributed by atoms with E-state index in [2.05, 4.69) is 19.9 Å². The smallest absolute Gasteiger partial charge is 0.132 e. The van der Waals surface area contributed by atoms with Crippen LogP contribution in [0.25, 0.3) is 22.2 Å². The molecule has 0 amide bonds. The molecule has 1 fully saturated rings. The van der Waals surface area contributed by atoms with Crippen LogP contribution in [0.4, 0.5) is 10.2 Å². The summed E-state index contributed by atoms with van der Waals surface area (Å²) in [7, 11) is 0. The second-order valence-corrected chi connectivity index (χ2v) is 5.84. The SMILES string of the molecule is Fc1cccc2ncc(-c3cc(N4CCCCC4)ncn3)cc12. The van der Waals surface area contributed by atoms with Gasteiger partial charge >= 0.3 is 0 Å². The van der Waals surface area contributed by atoms with Gasteiger partial charge in [0.05, 0.1) is 11.2 Å². The molecule has 0 N–H and O–H groups in total. The molecule has 3 heterocycles. The fourth-order valence-corrected chi connectivity index (χ4v) is 3.05. The first-order chi connectivity index (χ1) is 11.3. The summed E-state index contributed by atoms with van der Waals surface area (Å²) in [5, 5.41) is 0.517. The third-order valence-corrected chi connectivity index (χ3v) is 4.30. The van der Waals surface area contributed by atoms with Crippen LogP contribution in [0.15, 0.2) is 42.9 Å². The van der Waals surface area contributed by atoms with Crippen LogP contribution < -0.4 is 4.90 Å². The highest BCUT2D eigenvalue weighted by Gasteiger charge is 2.13. The summed E-state index contributed by atoms with van der Waals surface area (Å²) in [5.41, 5.74) is 2.24. The third kappa shape index (κ3) is 2.74. The molecule has 3 aromatic rings. The Morgan fingerprint density at radius 1 is 0.957 bits per heavy atom. The number of halogens is 1. The van der Waals surface area contributed by atoms with Crippen LogP contribution in [0.1, 0.15) is 19.3 Å². The number of hydrogen-bond donors (Lipinski definition) is 0. The summed E-state index contributed by atoms with van der Waals surface area (Å²) >= 11 is 0. The van der Waals surface area contributed by atoms with Crippen molar-refractivity contribution in [1.82, 2.24) is 15.0 Å². The van der Waals surface area contributed by atoms with E-state index >= 15 is 0 Å². The van der Waals surface area contributed by atoms with E-state index in [1.165, 1.54) is 25.3 Å². The first-order valence-corrected chi connectivity index (χ1v) is 7.93. The van der Waals surface area contributed by atoms with Gasteiger partial charge < -0.3 is 4.90 Å². The zero-order valence-corrected chi connectivity index (χ0v) is 12.7. The molecule has 2 aromatic heterocycles. The second kappa shape index (κ2) is 5.91. The minimum Gasteiger partial charge on any atom is -0.357 e.